The molecule has 5 nitrogen and oxygen atoms in total. The first kappa shape index (κ1) is 18.3. The van der Waals surface area contributed by atoms with E-state index in [4.69, 9.17) is 27.9 Å². The first-order valence-electron chi connectivity index (χ1n) is 8.74. The predicted molar refractivity (Wildman–Crippen MR) is 104 cm³/mol. The number of halogens is 2. The number of rotatable bonds is 2. The molecule has 2 amide bonds. The summed E-state index contributed by atoms with van der Waals surface area (Å²) < 4.78 is 5.38. The van der Waals surface area contributed by atoms with Crippen LogP contribution in [-0.4, -0.2) is 48.1 Å². The molecule has 2 aromatic rings. The smallest absolute Gasteiger partial charge is 0.258 e. The highest BCUT2D eigenvalue weighted by Gasteiger charge is 2.48. The lowest BCUT2D eigenvalue weighted by molar-refractivity contribution is -0.145. The highest BCUT2D eigenvalue weighted by molar-refractivity contribution is 6.32. The third-order valence-corrected chi connectivity index (χ3v) is 5.68. The van der Waals surface area contributed by atoms with Gasteiger partial charge in [-0.1, -0.05) is 41.4 Å². The molecule has 0 bridgehead atoms. The van der Waals surface area contributed by atoms with Crippen LogP contribution < -0.4 is 0 Å². The lowest BCUT2D eigenvalue weighted by Crippen LogP contribution is -2.41. The topological polar surface area (TPSA) is 49.9 Å². The minimum Gasteiger partial charge on any atom is -0.378 e. The lowest BCUT2D eigenvalue weighted by atomic mass is 9.88. The van der Waals surface area contributed by atoms with E-state index in [-0.39, 0.29) is 11.8 Å². The van der Waals surface area contributed by atoms with Crippen molar-refractivity contribution in [3.05, 3.63) is 57.6 Å². The minimum absolute atomic E-state index is 0.247. The fraction of sp³-hybridized carbons (Fsp3) is 0.300. The van der Waals surface area contributed by atoms with Gasteiger partial charge in [-0.3, -0.25) is 9.59 Å². The number of ether oxygens (including phenoxy) is 1. The molecule has 2 aromatic carbocycles. The van der Waals surface area contributed by atoms with E-state index in [1.54, 1.807) is 6.07 Å². The number of carbonyl (C=O) groups excluding carboxylic acids is 2. The zero-order valence-corrected chi connectivity index (χ0v) is 16.3. The van der Waals surface area contributed by atoms with Crippen molar-refractivity contribution >= 4 is 35.0 Å². The van der Waals surface area contributed by atoms with Gasteiger partial charge in [-0.2, -0.15) is 0 Å². The third-order valence-electron chi connectivity index (χ3n) is 5.09. The van der Waals surface area contributed by atoms with Crippen LogP contribution in [0.4, 0.5) is 0 Å². The molecule has 2 heterocycles. The maximum absolute atomic E-state index is 13.0. The summed E-state index contributed by atoms with van der Waals surface area (Å²) in [6.07, 6.45) is 0. The molecule has 0 radical (unpaired) electrons. The molecule has 2 saturated heterocycles. The van der Waals surface area contributed by atoms with E-state index < -0.39 is 5.92 Å². The summed E-state index contributed by atoms with van der Waals surface area (Å²) in [5.74, 6) is -1.41. The molecule has 0 N–H and O–H groups in total. The van der Waals surface area contributed by atoms with E-state index in [0.717, 1.165) is 16.7 Å². The summed E-state index contributed by atoms with van der Waals surface area (Å²) >= 11 is 12.5. The van der Waals surface area contributed by atoms with Gasteiger partial charge in [0.25, 0.3) is 11.8 Å². The van der Waals surface area contributed by atoms with E-state index >= 15 is 0 Å². The fourth-order valence-corrected chi connectivity index (χ4v) is 4.19. The van der Waals surface area contributed by atoms with Gasteiger partial charge in [0.2, 0.25) is 0 Å². The largest absolute Gasteiger partial charge is 0.378 e. The van der Waals surface area contributed by atoms with Crippen molar-refractivity contribution in [1.29, 1.82) is 0 Å². The Morgan fingerprint density at radius 2 is 1.52 bits per heavy atom. The summed E-state index contributed by atoms with van der Waals surface area (Å²) in [6.45, 7) is 3.47. The molecule has 27 heavy (non-hydrogen) atoms. The SMILES string of the molecule is Cc1c(-c2ccc(Cl)cc2)ccc(Cl)c1C1C(=O)N2CCOCCN2C1=O. The van der Waals surface area contributed by atoms with Gasteiger partial charge in [0.1, 0.15) is 5.92 Å². The van der Waals surface area contributed by atoms with Gasteiger partial charge in [-0.05, 0) is 47.4 Å². The van der Waals surface area contributed by atoms with Gasteiger partial charge in [-0.25, -0.2) is 10.0 Å². The van der Waals surface area contributed by atoms with Crippen molar-refractivity contribution in [2.24, 2.45) is 0 Å². The molecule has 0 saturated carbocycles. The van der Waals surface area contributed by atoms with Crippen LogP contribution in [-0.2, 0) is 14.3 Å². The Morgan fingerprint density at radius 1 is 0.926 bits per heavy atom. The monoisotopic (exact) mass is 404 g/mol. The Labute approximate surface area is 167 Å². The quantitative estimate of drug-likeness (QED) is 0.717. The summed E-state index contributed by atoms with van der Waals surface area (Å²) in [4.78, 5) is 26.1. The third kappa shape index (κ3) is 3.10. The lowest BCUT2D eigenvalue weighted by Gasteiger charge is -2.23. The Bertz CT molecular complexity index is 890. The number of fused-ring (bicyclic) bond motifs is 1. The average Bonchev–Trinajstić information content (AvgIpc) is 2.83. The number of hydrogen-bond donors (Lipinski definition) is 0. The van der Waals surface area contributed by atoms with Crippen molar-refractivity contribution < 1.29 is 14.3 Å². The predicted octanol–water partition coefficient (Wildman–Crippen LogP) is 3.67. The summed E-state index contributed by atoms with van der Waals surface area (Å²) in [7, 11) is 0. The second-order valence-corrected chi connectivity index (χ2v) is 7.45. The van der Waals surface area contributed by atoms with Crippen LogP contribution in [0, 0.1) is 6.92 Å². The van der Waals surface area contributed by atoms with Gasteiger partial charge in [0.05, 0.1) is 26.3 Å². The van der Waals surface area contributed by atoms with Crippen LogP contribution in [0.5, 0.6) is 0 Å². The number of hydrazine groups is 1. The van der Waals surface area contributed by atoms with E-state index in [9.17, 15) is 9.59 Å². The number of nitrogens with zero attached hydrogens (tertiary/aromatic N) is 2. The Morgan fingerprint density at radius 3 is 2.11 bits per heavy atom. The van der Waals surface area contributed by atoms with E-state index in [2.05, 4.69) is 0 Å². The van der Waals surface area contributed by atoms with Crippen LogP contribution >= 0.6 is 23.2 Å². The Hall–Kier alpha value is -2.08. The van der Waals surface area contributed by atoms with Gasteiger partial charge in [0.15, 0.2) is 0 Å². The average molecular weight is 405 g/mol. The van der Waals surface area contributed by atoms with E-state index in [1.165, 1.54) is 10.0 Å². The molecule has 4 rings (SSSR count). The normalized spacial score (nSPS) is 18.0. The van der Waals surface area contributed by atoms with Crippen molar-refractivity contribution in [2.45, 2.75) is 12.8 Å². The molecule has 2 aliphatic rings. The molecular weight excluding hydrogens is 387 g/mol. The van der Waals surface area contributed by atoms with Gasteiger partial charge in [-0.15, -0.1) is 0 Å². The van der Waals surface area contributed by atoms with Crippen LogP contribution in [0.15, 0.2) is 36.4 Å². The van der Waals surface area contributed by atoms with E-state index in [1.807, 2.05) is 37.3 Å². The summed E-state index contributed by atoms with van der Waals surface area (Å²) in [5, 5.41) is 4.05. The van der Waals surface area contributed by atoms with Crippen LogP contribution in [0.1, 0.15) is 17.0 Å². The van der Waals surface area contributed by atoms with Gasteiger partial charge < -0.3 is 4.74 Å². The Kier molecular flexibility index (Phi) is 4.84. The standard InChI is InChI=1S/C20H18Cl2N2O3/c1-12-15(13-2-4-14(21)5-3-13)6-7-16(22)17(12)18-19(25)23-8-10-27-11-9-24(23)20(18)26/h2-7,18H,8-11H2,1H3. The van der Waals surface area contributed by atoms with Crippen LogP contribution in [0.2, 0.25) is 10.0 Å². The Balaban J connectivity index is 1.79. The highest BCUT2D eigenvalue weighted by atomic mass is 35.5. The molecule has 0 unspecified atom stereocenters. The number of carbonyl (C=O) groups is 2. The maximum atomic E-state index is 13.0. The fourth-order valence-electron chi connectivity index (χ4n) is 3.75. The van der Waals surface area contributed by atoms with Crippen molar-refractivity contribution in [3.8, 4) is 11.1 Å². The number of hydrogen-bond acceptors (Lipinski definition) is 3. The molecule has 2 fully saturated rings. The van der Waals surface area contributed by atoms with Gasteiger partial charge in [0, 0.05) is 10.0 Å². The molecule has 0 atom stereocenters. The number of amides is 2. The first-order valence-corrected chi connectivity index (χ1v) is 9.50. The molecular formula is C20H18Cl2N2O3. The maximum Gasteiger partial charge on any atom is 0.258 e. The highest BCUT2D eigenvalue weighted by Crippen LogP contribution is 2.39. The first-order chi connectivity index (χ1) is 13.0. The molecule has 0 aromatic heterocycles. The second-order valence-electron chi connectivity index (χ2n) is 6.61. The zero-order chi connectivity index (χ0) is 19.1. The van der Waals surface area contributed by atoms with Crippen LogP contribution in [0.3, 0.4) is 0 Å². The van der Waals surface area contributed by atoms with Crippen LogP contribution in [0.25, 0.3) is 11.1 Å². The van der Waals surface area contributed by atoms with Crippen molar-refractivity contribution in [2.75, 3.05) is 26.3 Å². The van der Waals surface area contributed by atoms with Crippen molar-refractivity contribution in [3.63, 3.8) is 0 Å². The molecule has 140 valence electrons. The second kappa shape index (κ2) is 7.15. The van der Waals surface area contributed by atoms with Gasteiger partial charge >= 0.3 is 0 Å². The number of benzene rings is 2. The molecule has 2 aliphatic heterocycles. The van der Waals surface area contributed by atoms with Crippen molar-refractivity contribution in [1.82, 2.24) is 10.0 Å². The zero-order valence-electron chi connectivity index (χ0n) is 14.7. The molecule has 0 aliphatic carbocycles. The molecule has 7 heteroatoms. The summed E-state index contributed by atoms with van der Waals surface area (Å²) in [6, 6.07) is 11.1. The summed E-state index contributed by atoms with van der Waals surface area (Å²) in [5.41, 5.74) is 3.28. The van der Waals surface area contributed by atoms with E-state index in [0.29, 0.717) is 41.9 Å². The minimum atomic E-state index is -0.914. The molecule has 0 spiro atoms.